The zero-order valence-corrected chi connectivity index (χ0v) is 19.4. The Balaban J connectivity index is 1.92. The summed E-state index contributed by atoms with van der Waals surface area (Å²) < 4.78 is 6.28. The van der Waals surface area contributed by atoms with Crippen LogP contribution in [0.2, 0.25) is 0 Å². The number of para-hydroxylation sites is 1. The molecular weight excluding hydrogens is 426 g/mol. The first-order valence-corrected chi connectivity index (χ1v) is 11.0. The Kier molecular flexibility index (Phi) is 7.37. The van der Waals surface area contributed by atoms with Crippen molar-refractivity contribution in [3.8, 4) is 11.4 Å². The van der Waals surface area contributed by atoms with Crippen LogP contribution in [-0.4, -0.2) is 45.0 Å². The van der Waals surface area contributed by atoms with Crippen molar-refractivity contribution < 1.29 is 19.4 Å². The Hall–Kier alpha value is -3.10. The van der Waals surface area contributed by atoms with Crippen LogP contribution in [0.15, 0.2) is 59.5 Å². The van der Waals surface area contributed by atoms with Gasteiger partial charge in [0.1, 0.15) is 16.3 Å². The Bertz CT molecular complexity index is 1090. The lowest BCUT2D eigenvalue weighted by Gasteiger charge is -2.18. The van der Waals surface area contributed by atoms with E-state index in [0.717, 1.165) is 16.2 Å². The summed E-state index contributed by atoms with van der Waals surface area (Å²) >= 11 is 1.28. The van der Waals surface area contributed by atoms with Crippen LogP contribution < -0.4 is 5.32 Å². The number of imidazole rings is 1. The van der Waals surface area contributed by atoms with Gasteiger partial charge in [0.25, 0.3) is 5.91 Å². The van der Waals surface area contributed by atoms with Gasteiger partial charge in [-0.15, -0.1) is 11.8 Å². The number of nitrogens with zero attached hydrogens (tertiary/aromatic N) is 2. The van der Waals surface area contributed by atoms with Gasteiger partial charge in [-0.05, 0) is 45.0 Å². The minimum Gasteiger partial charge on any atom is -0.480 e. The lowest BCUT2D eigenvalue weighted by atomic mass is 10.2. The Morgan fingerprint density at radius 2 is 1.78 bits per heavy atom. The molecule has 0 unspecified atom stereocenters. The quantitative estimate of drug-likeness (QED) is 0.456. The summed E-state index contributed by atoms with van der Waals surface area (Å²) in [6.07, 6.45) is 0. The van der Waals surface area contributed by atoms with Crippen molar-refractivity contribution >= 4 is 29.3 Å². The Morgan fingerprint density at radius 1 is 1.12 bits per heavy atom. The van der Waals surface area contributed by atoms with Gasteiger partial charge in [0, 0.05) is 35.5 Å². The molecule has 1 heterocycles. The maximum atomic E-state index is 12.9. The molecule has 0 bridgehead atoms. The smallest absolute Gasteiger partial charge is 0.319 e. The number of carboxylic acid groups (broad SMARTS) is 1. The van der Waals surface area contributed by atoms with E-state index in [1.165, 1.54) is 11.8 Å². The average molecular weight is 454 g/mol. The molecule has 0 saturated heterocycles. The maximum Gasteiger partial charge on any atom is 0.319 e. The van der Waals surface area contributed by atoms with Gasteiger partial charge < -0.3 is 19.7 Å². The number of amides is 1. The SMILES string of the molecule is COCCn1c(-c2ccc(SC(C)(C)C(=O)O)cc2)nc(C(=O)Nc2ccccc2)c1C. The predicted molar refractivity (Wildman–Crippen MR) is 126 cm³/mol. The highest BCUT2D eigenvalue weighted by Gasteiger charge is 2.28. The molecule has 168 valence electrons. The molecule has 32 heavy (non-hydrogen) atoms. The molecule has 0 aliphatic rings. The van der Waals surface area contributed by atoms with Crippen molar-refractivity contribution in [2.24, 2.45) is 0 Å². The number of ether oxygens (including phenoxy) is 1. The third kappa shape index (κ3) is 5.38. The Labute approximate surface area is 191 Å². The normalized spacial score (nSPS) is 11.4. The van der Waals surface area contributed by atoms with E-state index >= 15 is 0 Å². The van der Waals surface area contributed by atoms with Crippen LogP contribution in [0.5, 0.6) is 0 Å². The Morgan fingerprint density at radius 3 is 2.38 bits per heavy atom. The van der Waals surface area contributed by atoms with Gasteiger partial charge in [0.2, 0.25) is 0 Å². The molecule has 0 radical (unpaired) electrons. The van der Waals surface area contributed by atoms with Gasteiger partial charge in [0.05, 0.1) is 6.61 Å². The molecule has 3 aromatic rings. The molecule has 7 nitrogen and oxygen atoms in total. The number of methoxy groups -OCH3 is 1. The third-order valence-corrected chi connectivity index (χ3v) is 6.18. The molecule has 0 aliphatic carbocycles. The second-order valence-corrected chi connectivity index (χ2v) is 9.47. The fraction of sp³-hybridized carbons (Fsp3) is 0.292. The molecule has 2 aromatic carbocycles. The number of hydrogen-bond acceptors (Lipinski definition) is 5. The summed E-state index contributed by atoms with van der Waals surface area (Å²) in [5.41, 5.74) is 2.63. The van der Waals surface area contributed by atoms with Crippen molar-refractivity contribution in [2.45, 2.75) is 37.0 Å². The largest absolute Gasteiger partial charge is 0.480 e. The topological polar surface area (TPSA) is 93.4 Å². The zero-order chi connectivity index (χ0) is 23.3. The standard InChI is InChI=1S/C24H27N3O4S/c1-16-20(22(28)25-18-8-6-5-7-9-18)26-21(27(16)14-15-31-4)17-10-12-19(13-11-17)32-24(2,3)23(29)30/h5-13H,14-15H2,1-4H3,(H,25,28)(H,29,30). The molecule has 1 aromatic heterocycles. The van der Waals surface area contributed by atoms with Crippen LogP contribution in [0, 0.1) is 6.92 Å². The molecule has 0 aliphatic heterocycles. The molecule has 0 spiro atoms. The number of rotatable bonds is 9. The fourth-order valence-corrected chi connectivity index (χ4v) is 4.10. The van der Waals surface area contributed by atoms with Gasteiger partial charge in [-0.1, -0.05) is 30.3 Å². The minimum absolute atomic E-state index is 0.276. The highest BCUT2D eigenvalue weighted by atomic mass is 32.2. The van der Waals surface area contributed by atoms with Crippen LogP contribution in [0.1, 0.15) is 30.0 Å². The molecule has 2 N–H and O–H groups in total. The predicted octanol–water partition coefficient (Wildman–Crippen LogP) is 4.71. The van der Waals surface area contributed by atoms with E-state index in [-0.39, 0.29) is 5.91 Å². The fourth-order valence-electron chi connectivity index (χ4n) is 3.15. The summed E-state index contributed by atoms with van der Waals surface area (Å²) in [6.45, 7) is 6.24. The number of anilines is 1. The number of benzene rings is 2. The van der Waals surface area contributed by atoms with E-state index in [4.69, 9.17) is 4.74 Å². The monoisotopic (exact) mass is 453 g/mol. The summed E-state index contributed by atoms with van der Waals surface area (Å²) in [6, 6.07) is 16.8. The van der Waals surface area contributed by atoms with Gasteiger partial charge in [-0.25, -0.2) is 4.98 Å². The average Bonchev–Trinajstić information content (AvgIpc) is 3.09. The van der Waals surface area contributed by atoms with Crippen molar-refractivity contribution in [1.29, 1.82) is 0 Å². The number of aromatic nitrogens is 2. The number of nitrogens with one attached hydrogen (secondary N) is 1. The molecule has 3 rings (SSSR count). The maximum absolute atomic E-state index is 12.9. The van der Waals surface area contributed by atoms with E-state index < -0.39 is 10.7 Å². The number of carbonyl (C=O) groups excluding carboxylic acids is 1. The van der Waals surface area contributed by atoms with Crippen LogP contribution in [0.4, 0.5) is 5.69 Å². The van der Waals surface area contributed by atoms with Crippen molar-refractivity contribution in [3.63, 3.8) is 0 Å². The second kappa shape index (κ2) is 10.0. The molecule has 0 saturated carbocycles. The van der Waals surface area contributed by atoms with Gasteiger partial charge in [0.15, 0.2) is 0 Å². The number of carbonyl (C=O) groups is 2. The molecule has 8 heteroatoms. The second-order valence-electron chi connectivity index (χ2n) is 7.78. The van der Waals surface area contributed by atoms with E-state index in [1.807, 2.05) is 66.1 Å². The first-order valence-electron chi connectivity index (χ1n) is 10.2. The summed E-state index contributed by atoms with van der Waals surface area (Å²) in [7, 11) is 1.63. The van der Waals surface area contributed by atoms with E-state index in [0.29, 0.717) is 30.4 Å². The number of aliphatic carboxylic acids is 1. The zero-order valence-electron chi connectivity index (χ0n) is 18.6. The first kappa shape index (κ1) is 23.6. The molecule has 0 fully saturated rings. The number of thioether (sulfide) groups is 1. The van der Waals surface area contributed by atoms with Crippen LogP contribution >= 0.6 is 11.8 Å². The molecule has 1 amide bonds. The van der Waals surface area contributed by atoms with Crippen LogP contribution in [0.3, 0.4) is 0 Å². The van der Waals surface area contributed by atoms with Gasteiger partial charge in [-0.3, -0.25) is 9.59 Å². The molecule has 0 atom stereocenters. The summed E-state index contributed by atoms with van der Waals surface area (Å²) in [5.74, 6) is -0.486. The van der Waals surface area contributed by atoms with E-state index in [1.54, 1.807) is 21.0 Å². The van der Waals surface area contributed by atoms with E-state index in [9.17, 15) is 14.7 Å². The highest BCUT2D eigenvalue weighted by Crippen LogP contribution is 2.34. The number of hydrogen-bond donors (Lipinski definition) is 2. The van der Waals surface area contributed by atoms with Crippen LogP contribution in [0.25, 0.3) is 11.4 Å². The van der Waals surface area contributed by atoms with Crippen molar-refractivity contribution in [2.75, 3.05) is 19.0 Å². The summed E-state index contributed by atoms with van der Waals surface area (Å²) in [5, 5.41) is 12.2. The minimum atomic E-state index is -0.933. The third-order valence-electron chi connectivity index (χ3n) is 4.99. The molecular formula is C24H27N3O4S. The first-order chi connectivity index (χ1) is 15.2. The van der Waals surface area contributed by atoms with Gasteiger partial charge >= 0.3 is 5.97 Å². The van der Waals surface area contributed by atoms with Crippen molar-refractivity contribution in [3.05, 3.63) is 66.0 Å². The number of carboxylic acids is 1. The highest BCUT2D eigenvalue weighted by molar-refractivity contribution is 8.01. The summed E-state index contributed by atoms with van der Waals surface area (Å²) in [4.78, 5) is 29.8. The van der Waals surface area contributed by atoms with Crippen molar-refractivity contribution in [1.82, 2.24) is 9.55 Å². The lowest BCUT2D eigenvalue weighted by Crippen LogP contribution is -2.26. The van der Waals surface area contributed by atoms with Gasteiger partial charge in [-0.2, -0.15) is 0 Å². The van der Waals surface area contributed by atoms with Crippen LogP contribution in [-0.2, 0) is 16.1 Å². The lowest BCUT2D eigenvalue weighted by molar-refractivity contribution is -0.138. The van der Waals surface area contributed by atoms with E-state index in [2.05, 4.69) is 10.3 Å².